The van der Waals surface area contributed by atoms with E-state index in [0.29, 0.717) is 0 Å². The topological polar surface area (TPSA) is 21.3 Å². The lowest BCUT2D eigenvalue weighted by atomic mass is 9.68. The summed E-state index contributed by atoms with van der Waals surface area (Å²) in [6.45, 7) is 0. The van der Waals surface area contributed by atoms with Crippen molar-refractivity contribution >= 4 is 71.6 Å². The molecular formula is C71H46N2O. The van der Waals surface area contributed by atoms with Crippen LogP contribution in [0.5, 0.6) is 0 Å². The highest BCUT2D eigenvalue weighted by atomic mass is 16.3. The van der Waals surface area contributed by atoms with Crippen molar-refractivity contribution in [3.63, 3.8) is 0 Å². The number of rotatable bonds is 8. The first kappa shape index (κ1) is 42.0. The molecule has 2 aromatic heterocycles. The SMILES string of the molecule is c1ccc(C2(c3ccccc3)c3ccccc3-c3c(N(c4ccc(-c5ccc(-n6c7ccccc7c7cc8ccccc8cc76)cc5)cc4)c4ccc(-c5cccc6c5oc5ccccc56)cc4)cccc32)cc1. The Bertz CT molecular complexity index is 4410. The Morgan fingerprint density at radius 2 is 0.892 bits per heavy atom. The predicted octanol–water partition coefficient (Wildman–Crippen LogP) is 19.0. The van der Waals surface area contributed by atoms with Gasteiger partial charge in [0.2, 0.25) is 0 Å². The summed E-state index contributed by atoms with van der Waals surface area (Å²) in [4.78, 5) is 2.45. The van der Waals surface area contributed by atoms with Crippen LogP contribution in [0.4, 0.5) is 17.1 Å². The molecule has 1 aliphatic carbocycles. The maximum absolute atomic E-state index is 6.54. The van der Waals surface area contributed by atoms with Crippen LogP contribution < -0.4 is 4.90 Å². The monoisotopic (exact) mass is 942 g/mol. The Balaban J connectivity index is 0.875. The number of benzene rings is 12. The Hall–Kier alpha value is -9.70. The van der Waals surface area contributed by atoms with Crippen LogP contribution in [0.2, 0.25) is 0 Å². The molecule has 0 saturated carbocycles. The standard InChI is InChI=1S/C71H46N2O/c1-3-19-52(20-4-1)71(53-21-5-2-6-22-53)63-28-12-9-25-61(63)69-64(71)29-16-31-66(69)72(55-43-37-49(38-44-55)57-26-15-27-60-59-24-11-14-32-68(59)74-70(57)60)54-39-33-47(34-40-54)48-35-41-56(42-36-48)73-65-30-13-10-23-58(65)62-45-50-17-7-8-18-51(50)46-67(62)73/h1-46H. The molecule has 3 heteroatoms. The molecule has 0 amide bonds. The number of furan rings is 1. The first-order valence-electron chi connectivity index (χ1n) is 25.5. The molecule has 14 aromatic rings. The van der Waals surface area contributed by atoms with Crippen LogP contribution in [-0.2, 0) is 5.41 Å². The van der Waals surface area contributed by atoms with Gasteiger partial charge in [0.15, 0.2) is 0 Å². The highest BCUT2D eigenvalue weighted by Crippen LogP contribution is 2.59. The van der Waals surface area contributed by atoms with Crippen LogP contribution in [0.3, 0.4) is 0 Å². The van der Waals surface area contributed by atoms with E-state index in [2.05, 4.69) is 282 Å². The summed E-state index contributed by atoms with van der Waals surface area (Å²) in [5.41, 5.74) is 20.0. The molecule has 0 atom stereocenters. The van der Waals surface area contributed by atoms with E-state index in [4.69, 9.17) is 4.42 Å². The van der Waals surface area contributed by atoms with E-state index >= 15 is 0 Å². The van der Waals surface area contributed by atoms with Gasteiger partial charge in [-0.05, 0) is 122 Å². The number of hydrogen-bond donors (Lipinski definition) is 0. The Morgan fingerprint density at radius 1 is 0.351 bits per heavy atom. The Morgan fingerprint density at radius 3 is 1.62 bits per heavy atom. The molecule has 0 radical (unpaired) electrons. The van der Waals surface area contributed by atoms with E-state index < -0.39 is 5.41 Å². The molecule has 0 saturated heterocycles. The Labute approximate surface area is 429 Å². The second-order valence-electron chi connectivity index (χ2n) is 19.6. The average Bonchev–Trinajstić information content (AvgIpc) is 4.16. The maximum atomic E-state index is 6.54. The highest BCUT2D eigenvalue weighted by molar-refractivity contribution is 6.14. The van der Waals surface area contributed by atoms with E-state index in [1.807, 2.05) is 6.07 Å². The summed E-state index contributed by atoms with van der Waals surface area (Å²) in [5.74, 6) is 0. The summed E-state index contributed by atoms with van der Waals surface area (Å²) in [7, 11) is 0. The molecule has 346 valence electrons. The van der Waals surface area contributed by atoms with Crippen molar-refractivity contribution in [1.29, 1.82) is 0 Å². The van der Waals surface area contributed by atoms with Gasteiger partial charge in [-0.3, -0.25) is 0 Å². The van der Waals surface area contributed by atoms with E-state index in [-0.39, 0.29) is 0 Å². The molecule has 0 bridgehead atoms. The van der Waals surface area contributed by atoms with Crippen LogP contribution in [0.15, 0.2) is 283 Å². The molecule has 3 nitrogen and oxygen atoms in total. The lowest BCUT2D eigenvalue weighted by Gasteiger charge is -2.34. The normalized spacial score (nSPS) is 12.7. The minimum Gasteiger partial charge on any atom is -0.455 e. The van der Waals surface area contributed by atoms with Crippen molar-refractivity contribution in [3.8, 4) is 39.1 Å². The van der Waals surface area contributed by atoms with Gasteiger partial charge in [-0.1, -0.05) is 212 Å². The molecule has 0 N–H and O–H groups in total. The van der Waals surface area contributed by atoms with E-state index in [0.717, 1.165) is 66.9 Å². The zero-order chi connectivity index (χ0) is 48.7. The number of nitrogens with zero attached hydrogens (tertiary/aromatic N) is 2. The van der Waals surface area contributed by atoms with Gasteiger partial charge in [0.25, 0.3) is 0 Å². The van der Waals surface area contributed by atoms with Crippen molar-refractivity contribution in [1.82, 2.24) is 4.57 Å². The van der Waals surface area contributed by atoms with Crippen molar-refractivity contribution in [2.24, 2.45) is 0 Å². The number of para-hydroxylation sites is 3. The zero-order valence-electron chi connectivity index (χ0n) is 40.4. The van der Waals surface area contributed by atoms with Gasteiger partial charge in [0.1, 0.15) is 11.2 Å². The minimum atomic E-state index is -0.533. The number of aromatic nitrogens is 1. The minimum absolute atomic E-state index is 0.533. The zero-order valence-corrected chi connectivity index (χ0v) is 40.4. The fourth-order valence-corrected chi connectivity index (χ4v) is 12.4. The third-order valence-corrected chi connectivity index (χ3v) is 15.7. The van der Waals surface area contributed by atoms with Gasteiger partial charge in [0.05, 0.1) is 22.1 Å². The van der Waals surface area contributed by atoms with Gasteiger partial charge < -0.3 is 13.9 Å². The summed E-state index contributed by atoms with van der Waals surface area (Å²) < 4.78 is 8.95. The fraction of sp³-hybridized carbons (Fsp3) is 0.0141. The first-order valence-corrected chi connectivity index (χ1v) is 25.5. The molecule has 12 aromatic carbocycles. The Kier molecular flexibility index (Phi) is 9.48. The summed E-state index contributed by atoms with van der Waals surface area (Å²) in [5, 5.41) is 7.27. The largest absolute Gasteiger partial charge is 0.455 e. The summed E-state index contributed by atoms with van der Waals surface area (Å²) >= 11 is 0. The second kappa shape index (κ2) is 16.7. The first-order chi connectivity index (χ1) is 36.7. The molecule has 1 aliphatic rings. The van der Waals surface area contributed by atoms with Crippen molar-refractivity contribution in [2.45, 2.75) is 5.41 Å². The third kappa shape index (κ3) is 6.33. The number of anilines is 3. The van der Waals surface area contributed by atoms with Crippen molar-refractivity contribution in [3.05, 3.63) is 301 Å². The second-order valence-corrected chi connectivity index (χ2v) is 19.6. The van der Waals surface area contributed by atoms with Crippen LogP contribution in [0.1, 0.15) is 22.3 Å². The molecule has 0 aliphatic heterocycles. The van der Waals surface area contributed by atoms with E-state index in [1.54, 1.807) is 0 Å². The number of fused-ring (bicyclic) bond motifs is 10. The molecular weight excluding hydrogens is 897 g/mol. The molecule has 15 rings (SSSR count). The fourth-order valence-electron chi connectivity index (χ4n) is 12.4. The smallest absolute Gasteiger partial charge is 0.143 e. The third-order valence-electron chi connectivity index (χ3n) is 15.7. The highest BCUT2D eigenvalue weighted by Gasteiger charge is 2.47. The maximum Gasteiger partial charge on any atom is 0.143 e. The number of hydrogen-bond acceptors (Lipinski definition) is 2. The van der Waals surface area contributed by atoms with Crippen molar-refractivity contribution < 1.29 is 4.42 Å². The van der Waals surface area contributed by atoms with Gasteiger partial charge >= 0.3 is 0 Å². The van der Waals surface area contributed by atoms with Crippen LogP contribution in [0.25, 0.3) is 93.6 Å². The van der Waals surface area contributed by atoms with E-state index in [1.165, 1.54) is 66.0 Å². The van der Waals surface area contributed by atoms with Gasteiger partial charge in [-0.2, -0.15) is 0 Å². The molecule has 0 spiro atoms. The van der Waals surface area contributed by atoms with E-state index in [9.17, 15) is 0 Å². The molecule has 74 heavy (non-hydrogen) atoms. The molecule has 0 fully saturated rings. The van der Waals surface area contributed by atoms with Crippen LogP contribution in [-0.4, -0.2) is 4.57 Å². The van der Waals surface area contributed by atoms with Gasteiger partial charge in [0, 0.05) is 49.7 Å². The van der Waals surface area contributed by atoms with Crippen molar-refractivity contribution in [2.75, 3.05) is 4.90 Å². The quantitative estimate of drug-likeness (QED) is 0.151. The van der Waals surface area contributed by atoms with Gasteiger partial charge in [-0.15, -0.1) is 0 Å². The summed E-state index contributed by atoms with van der Waals surface area (Å²) in [6.07, 6.45) is 0. The summed E-state index contributed by atoms with van der Waals surface area (Å²) in [6, 6.07) is 102. The lowest BCUT2D eigenvalue weighted by molar-refractivity contribution is 0.670. The van der Waals surface area contributed by atoms with Crippen LogP contribution >= 0.6 is 0 Å². The lowest BCUT2D eigenvalue weighted by Crippen LogP contribution is -2.28. The van der Waals surface area contributed by atoms with Gasteiger partial charge in [-0.25, -0.2) is 0 Å². The average molecular weight is 943 g/mol. The molecule has 2 heterocycles. The molecule has 0 unspecified atom stereocenters. The predicted molar refractivity (Wildman–Crippen MR) is 308 cm³/mol. The van der Waals surface area contributed by atoms with Crippen LogP contribution in [0, 0.1) is 0 Å².